The lowest BCUT2D eigenvalue weighted by atomic mass is 10.0. The molecule has 154 valence electrons. The van der Waals surface area contributed by atoms with Crippen molar-refractivity contribution in [3.8, 4) is 11.9 Å². The summed E-state index contributed by atoms with van der Waals surface area (Å²) < 4.78 is 14.8. The van der Waals surface area contributed by atoms with Gasteiger partial charge in [0.1, 0.15) is 11.4 Å². The topological polar surface area (TPSA) is 131 Å². The number of carboxylic acid groups (broad SMARTS) is 1. The maximum atomic E-state index is 14.1. The largest absolute Gasteiger partial charge is 0.493 e. The second kappa shape index (κ2) is 7.59. The number of nitrogens with one attached hydrogen (secondary N) is 1. The number of allylic oxidation sites excluding steroid dienone is 1. The van der Waals surface area contributed by atoms with Crippen LogP contribution in [0.1, 0.15) is 28.4 Å². The van der Waals surface area contributed by atoms with Gasteiger partial charge in [-0.2, -0.15) is 5.26 Å². The van der Waals surface area contributed by atoms with E-state index in [4.69, 9.17) is 16.9 Å². The maximum Gasteiger partial charge on any atom is 0.331 e. The molecule has 0 aliphatic carbocycles. The lowest BCUT2D eigenvalue weighted by molar-refractivity contribution is -0.139. The number of fused-ring (bicyclic) bond motifs is 1. The molecule has 1 atom stereocenters. The van der Waals surface area contributed by atoms with E-state index in [0.717, 1.165) is 0 Å². The van der Waals surface area contributed by atoms with E-state index in [-0.39, 0.29) is 22.0 Å². The lowest BCUT2D eigenvalue weighted by Gasteiger charge is -2.14. The van der Waals surface area contributed by atoms with Crippen molar-refractivity contribution in [1.29, 1.82) is 5.26 Å². The minimum Gasteiger partial charge on any atom is -0.493 e. The Morgan fingerprint density at radius 1 is 1.29 bits per heavy atom. The Balaban J connectivity index is 1.80. The second-order valence-corrected chi connectivity index (χ2v) is 7.03. The number of benzene rings is 2. The number of aromatic nitrogens is 2. The van der Waals surface area contributed by atoms with Crippen LogP contribution in [-0.2, 0) is 4.79 Å². The van der Waals surface area contributed by atoms with Gasteiger partial charge < -0.3 is 15.2 Å². The number of nitrogens with zero attached hydrogens (tertiary/aromatic N) is 3. The fraction of sp³-hybridized carbons (Fsp3) is 0.0476. The van der Waals surface area contributed by atoms with Crippen LogP contribution in [-0.4, -0.2) is 31.9 Å². The fourth-order valence-corrected chi connectivity index (χ4v) is 3.47. The van der Waals surface area contributed by atoms with Crippen molar-refractivity contribution in [2.45, 2.75) is 6.04 Å². The minimum absolute atomic E-state index is 0.0287. The first-order valence-corrected chi connectivity index (χ1v) is 9.20. The molecular formula is C21H12ClFN4O4. The van der Waals surface area contributed by atoms with Crippen LogP contribution in [0.2, 0.25) is 5.02 Å². The van der Waals surface area contributed by atoms with Gasteiger partial charge in [0, 0.05) is 17.4 Å². The zero-order valence-electron chi connectivity index (χ0n) is 15.5. The van der Waals surface area contributed by atoms with Gasteiger partial charge in [-0.25, -0.2) is 18.5 Å². The zero-order chi connectivity index (χ0) is 22.3. The molecule has 8 nitrogen and oxygen atoms in total. The van der Waals surface area contributed by atoms with Gasteiger partial charge in [0.15, 0.2) is 11.9 Å². The van der Waals surface area contributed by atoms with Crippen molar-refractivity contribution >= 4 is 41.1 Å². The molecule has 0 fully saturated rings. The van der Waals surface area contributed by atoms with Gasteiger partial charge in [-0.05, 0) is 29.8 Å². The van der Waals surface area contributed by atoms with E-state index >= 15 is 0 Å². The Kier molecular flexibility index (Phi) is 4.93. The summed E-state index contributed by atoms with van der Waals surface area (Å²) in [5, 5.41) is 29.1. The molecule has 2 heterocycles. The fourth-order valence-electron chi connectivity index (χ4n) is 3.31. The van der Waals surface area contributed by atoms with Crippen LogP contribution in [0, 0.1) is 17.1 Å². The number of aliphatic imine (C=N–C) groups is 1. The van der Waals surface area contributed by atoms with E-state index < -0.39 is 29.4 Å². The summed E-state index contributed by atoms with van der Waals surface area (Å²) in [7, 11) is 0. The van der Waals surface area contributed by atoms with Crippen LogP contribution in [0.25, 0.3) is 11.6 Å². The number of aliphatic carboxylic acids is 1. The molecule has 0 spiro atoms. The highest BCUT2D eigenvalue weighted by Crippen LogP contribution is 2.38. The Morgan fingerprint density at radius 2 is 2.00 bits per heavy atom. The van der Waals surface area contributed by atoms with Crippen LogP contribution in [0.15, 0.2) is 46.2 Å². The summed E-state index contributed by atoms with van der Waals surface area (Å²) in [6, 6.07) is 8.89. The normalized spacial score (nSPS) is 14.4. The van der Waals surface area contributed by atoms with Crippen LogP contribution in [0.5, 0.6) is 5.88 Å². The summed E-state index contributed by atoms with van der Waals surface area (Å²) in [4.78, 5) is 30.8. The Morgan fingerprint density at radius 3 is 2.65 bits per heavy atom. The van der Waals surface area contributed by atoms with Crippen molar-refractivity contribution in [2.75, 3.05) is 0 Å². The number of rotatable bonds is 4. The summed E-state index contributed by atoms with van der Waals surface area (Å²) in [5.74, 6) is -2.70. The smallest absolute Gasteiger partial charge is 0.331 e. The molecule has 3 aromatic rings. The van der Waals surface area contributed by atoms with E-state index in [0.29, 0.717) is 21.3 Å². The third-order valence-electron chi connectivity index (χ3n) is 4.79. The third-order valence-corrected chi connectivity index (χ3v) is 5.08. The monoisotopic (exact) mass is 438 g/mol. The van der Waals surface area contributed by atoms with Gasteiger partial charge in [-0.15, -0.1) is 0 Å². The molecule has 1 aromatic heterocycles. The number of aromatic hydroxyl groups is 1. The van der Waals surface area contributed by atoms with E-state index in [1.54, 1.807) is 6.07 Å². The molecular weight excluding hydrogens is 427 g/mol. The van der Waals surface area contributed by atoms with Crippen molar-refractivity contribution in [3.63, 3.8) is 0 Å². The van der Waals surface area contributed by atoms with Gasteiger partial charge in [0.05, 0.1) is 16.7 Å². The first-order chi connectivity index (χ1) is 14.8. The van der Waals surface area contributed by atoms with E-state index in [9.17, 15) is 24.2 Å². The Labute approximate surface area is 178 Å². The number of imidazole rings is 1. The minimum atomic E-state index is -1.54. The predicted octanol–water partition coefficient (Wildman–Crippen LogP) is 3.48. The molecule has 0 saturated carbocycles. The highest BCUT2D eigenvalue weighted by atomic mass is 35.5. The van der Waals surface area contributed by atoms with E-state index in [1.165, 1.54) is 42.6 Å². The number of aromatic amines is 1. The predicted molar refractivity (Wildman–Crippen MR) is 111 cm³/mol. The average molecular weight is 439 g/mol. The molecule has 1 unspecified atom stereocenters. The molecule has 4 rings (SSSR count). The number of H-pyrrole nitrogens is 1. The van der Waals surface area contributed by atoms with Crippen LogP contribution in [0.3, 0.4) is 0 Å². The Hall–Kier alpha value is -4.16. The molecule has 31 heavy (non-hydrogen) atoms. The number of carboxylic acids is 1. The molecule has 0 bridgehead atoms. The molecule has 1 aliphatic heterocycles. The second-order valence-electron chi connectivity index (χ2n) is 6.63. The van der Waals surface area contributed by atoms with Crippen molar-refractivity contribution in [3.05, 3.63) is 80.1 Å². The number of carbonyl (C=O) groups is 1. The molecule has 0 radical (unpaired) electrons. The number of hydrogen-bond donors (Lipinski definition) is 3. The molecule has 3 N–H and O–H groups in total. The molecule has 0 saturated heterocycles. The van der Waals surface area contributed by atoms with Crippen LogP contribution < -0.4 is 5.69 Å². The standard InChI is InChI=1S/C21H12ClFN4O4/c22-14-6-5-13-12(9-25-17(13)16(14)23)7-15-19(28)27(21(31)26-15)18(20(29)30)11-3-1-10(8-24)2-4-11/h1-7,9,18,28H,(H,26,31)(H,29,30)/b12-7+. The van der Waals surface area contributed by atoms with Gasteiger partial charge in [-0.3, -0.25) is 4.99 Å². The highest BCUT2D eigenvalue weighted by Gasteiger charge is 2.29. The highest BCUT2D eigenvalue weighted by molar-refractivity contribution is 6.31. The quantitative estimate of drug-likeness (QED) is 0.573. The zero-order valence-corrected chi connectivity index (χ0v) is 16.3. The average Bonchev–Trinajstić information content (AvgIpc) is 3.28. The first-order valence-electron chi connectivity index (χ1n) is 8.82. The van der Waals surface area contributed by atoms with Crippen molar-refractivity contribution < 1.29 is 19.4 Å². The summed E-state index contributed by atoms with van der Waals surface area (Å²) in [6.45, 7) is 0. The number of halogens is 2. The molecule has 10 heteroatoms. The summed E-state index contributed by atoms with van der Waals surface area (Å²) in [5.41, 5.74) is 0.382. The summed E-state index contributed by atoms with van der Waals surface area (Å²) >= 11 is 5.76. The third kappa shape index (κ3) is 3.39. The number of hydrogen-bond acceptors (Lipinski definition) is 5. The van der Waals surface area contributed by atoms with Crippen molar-refractivity contribution in [2.24, 2.45) is 4.99 Å². The van der Waals surface area contributed by atoms with Crippen molar-refractivity contribution in [1.82, 2.24) is 9.55 Å². The van der Waals surface area contributed by atoms with Gasteiger partial charge in [-0.1, -0.05) is 29.8 Å². The SMILES string of the molecule is N#Cc1ccc(C(C(=O)O)n2c(O)c(/C=C3\C=Nc4c3ccc(Cl)c4F)[nH]c2=O)cc1. The molecule has 0 amide bonds. The summed E-state index contributed by atoms with van der Waals surface area (Å²) in [6.07, 6.45) is 2.70. The number of nitriles is 1. The Bertz CT molecular complexity index is 1380. The first kappa shape index (κ1) is 20.1. The van der Waals surface area contributed by atoms with Crippen LogP contribution >= 0.6 is 11.6 Å². The van der Waals surface area contributed by atoms with E-state index in [2.05, 4.69) is 9.98 Å². The lowest BCUT2D eigenvalue weighted by Crippen LogP contribution is -2.28. The van der Waals surface area contributed by atoms with Gasteiger partial charge in [0.2, 0.25) is 5.88 Å². The van der Waals surface area contributed by atoms with E-state index in [1.807, 2.05) is 6.07 Å². The van der Waals surface area contributed by atoms with Gasteiger partial charge in [0.25, 0.3) is 0 Å². The van der Waals surface area contributed by atoms with Crippen LogP contribution in [0.4, 0.5) is 10.1 Å². The molecule has 1 aliphatic rings. The maximum absolute atomic E-state index is 14.1. The molecule has 2 aromatic carbocycles. The van der Waals surface area contributed by atoms with Gasteiger partial charge >= 0.3 is 11.7 Å².